The monoisotopic (exact) mass is 393 g/mol. The van der Waals surface area contributed by atoms with Crippen LogP contribution in [0.4, 0.5) is 0 Å². The molecule has 1 aliphatic rings. The van der Waals surface area contributed by atoms with Gasteiger partial charge in [-0.25, -0.2) is 8.42 Å². The summed E-state index contributed by atoms with van der Waals surface area (Å²) in [4.78, 5) is 17.4. The number of amides is 1. The second-order valence-corrected chi connectivity index (χ2v) is 9.08. The summed E-state index contributed by atoms with van der Waals surface area (Å²) < 4.78 is 27.0. The highest BCUT2D eigenvalue weighted by atomic mass is 32.2. The average molecular weight is 394 g/mol. The Morgan fingerprint density at radius 1 is 1.22 bits per heavy atom. The van der Waals surface area contributed by atoms with Crippen molar-refractivity contribution in [2.24, 2.45) is 16.8 Å². The maximum atomic E-state index is 12.7. The number of nitrogens with zero attached hydrogens (tertiary/aromatic N) is 1. The molecule has 2 N–H and O–H groups in total. The van der Waals surface area contributed by atoms with Crippen molar-refractivity contribution in [2.75, 3.05) is 6.54 Å². The number of aliphatic imine (C=N–C) groups is 1. The van der Waals surface area contributed by atoms with E-state index >= 15 is 0 Å². The Kier molecular flexibility index (Phi) is 7.41. The molecule has 0 fully saturated rings. The molecule has 0 radical (unpaired) electrons. The van der Waals surface area contributed by atoms with Crippen LogP contribution in [0.25, 0.3) is 0 Å². The normalized spacial score (nSPS) is 18.8. The molecule has 150 valence electrons. The molecule has 0 saturated heterocycles. The quantitative estimate of drug-likeness (QED) is 0.676. The average Bonchev–Trinajstić information content (AvgIpc) is 2.90. The number of rotatable bonds is 9. The number of amidine groups is 1. The van der Waals surface area contributed by atoms with Crippen molar-refractivity contribution in [3.8, 4) is 0 Å². The van der Waals surface area contributed by atoms with Gasteiger partial charge in [0.1, 0.15) is 11.9 Å². The summed E-state index contributed by atoms with van der Waals surface area (Å²) in [6, 6.07) is 6.05. The van der Waals surface area contributed by atoms with Gasteiger partial charge in [0, 0.05) is 12.1 Å². The van der Waals surface area contributed by atoms with Crippen LogP contribution in [0.2, 0.25) is 0 Å². The lowest BCUT2D eigenvalue weighted by atomic mass is 9.98. The summed E-state index contributed by atoms with van der Waals surface area (Å²) in [5, 5.41) is 3.02. The zero-order valence-electron chi connectivity index (χ0n) is 16.7. The minimum Gasteiger partial charge on any atom is -0.354 e. The van der Waals surface area contributed by atoms with Crippen molar-refractivity contribution >= 4 is 21.8 Å². The molecule has 1 aromatic carbocycles. The number of hydrogen-bond acceptors (Lipinski definition) is 4. The van der Waals surface area contributed by atoms with Gasteiger partial charge in [0.2, 0.25) is 5.91 Å². The molecule has 2 atom stereocenters. The van der Waals surface area contributed by atoms with E-state index in [0.717, 1.165) is 25.7 Å². The Labute approximate surface area is 162 Å². The van der Waals surface area contributed by atoms with Crippen LogP contribution >= 0.6 is 0 Å². The summed E-state index contributed by atoms with van der Waals surface area (Å²) in [7, 11) is -3.60. The van der Waals surface area contributed by atoms with Gasteiger partial charge in [-0.2, -0.15) is 0 Å². The molecule has 0 bridgehead atoms. The lowest BCUT2D eigenvalue weighted by Gasteiger charge is -2.20. The van der Waals surface area contributed by atoms with Gasteiger partial charge in [0.25, 0.3) is 10.0 Å². The summed E-state index contributed by atoms with van der Waals surface area (Å²) in [5.74, 6) is 0.499. The minimum atomic E-state index is -3.60. The van der Waals surface area contributed by atoms with E-state index < -0.39 is 16.1 Å². The van der Waals surface area contributed by atoms with Crippen molar-refractivity contribution in [2.45, 2.75) is 64.3 Å². The number of hydrogen-bond donors (Lipinski definition) is 2. The maximum absolute atomic E-state index is 12.7. The SMILES string of the molecule is CCCCC(CC)CNC(=O)[C@@H](N=C1NS(=O)(=O)c2ccccc21)C(C)C. The minimum absolute atomic E-state index is 0.0505. The summed E-state index contributed by atoms with van der Waals surface area (Å²) >= 11 is 0. The first-order chi connectivity index (χ1) is 12.8. The number of nitrogens with one attached hydrogen (secondary N) is 2. The van der Waals surface area contributed by atoms with E-state index in [-0.39, 0.29) is 22.6 Å². The van der Waals surface area contributed by atoms with Gasteiger partial charge in [-0.15, -0.1) is 0 Å². The standard InChI is InChI=1S/C20H31N3O3S/c1-5-7-10-15(6-2)13-21-20(24)18(14(3)4)22-19-16-11-8-9-12-17(16)27(25,26)23-19/h8-9,11-12,14-15,18H,5-7,10,13H2,1-4H3,(H,21,24)(H,22,23)/t15?,18-/m0/s1. The number of carbonyl (C=O) groups is 1. The van der Waals surface area contributed by atoms with Crippen LogP contribution in [-0.2, 0) is 14.8 Å². The molecular formula is C20H31N3O3S. The van der Waals surface area contributed by atoms with Crippen molar-refractivity contribution in [3.05, 3.63) is 29.8 Å². The van der Waals surface area contributed by atoms with E-state index in [2.05, 4.69) is 28.9 Å². The van der Waals surface area contributed by atoms with Gasteiger partial charge in [-0.3, -0.25) is 14.5 Å². The number of sulfonamides is 1. The van der Waals surface area contributed by atoms with Gasteiger partial charge >= 0.3 is 0 Å². The fourth-order valence-electron chi connectivity index (χ4n) is 3.17. The van der Waals surface area contributed by atoms with Gasteiger partial charge in [-0.05, 0) is 30.4 Å². The Morgan fingerprint density at radius 3 is 2.56 bits per heavy atom. The fourth-order valence-corrected chi connectivity index (χ4v) is 4.41. The summed E-state index contributed by atoms with van der Waals surface area (Å²) in [6.45, 7) is 8.76. The Balaban J connectivity index is 2.16. The molecule has 0 spiro atoms. The molecule has 27 heavy (non-hydrogen) atoms. The van der Waals surface area contributed by atoms with E-state index in [1.165, 1.54) is 0 Å². The maximum Gasteiger partial charge on any atom is 0.263 e. The highest BCUT2D eigenvalue weighted by Gasteiger charge is 2.32. The van der Waals surface area contributed by atoms with Crippen LogP contribution in [-0.4, -0.2) is 32.7 Å². The molecule has 0 aromatic heterocycles. The third-order valence-electron chi connectivity index (χ3n) is 4.94. The molecular weight excluding hydrogens is 362 g/mol. The molecule has 1 unspecified atom stereocenters. The molecule has 2 rings (SSSR count). The topological polar surface area (TPSA) is 87.6 Å². The van der Waals surface area contributed by atoms with E-state index in [4.69, 9.17) is 0 Å². The van der Waals surface area contributed by atoms with Gasteiger partial charge in [-0.1, -0.05) is 59.1 Å². The molecule has 0 aliphatic carbocycles. The van der Waals surface area contributed by atoms with E-state index in [0.29, 0.717) is 18.0 Å². The van der Waals surface area contributed by atoms with Gasteiger partial charge in [0.05, 0.1) is 4.90 Å². The second-order valence-electron chi connectivity index (χ2n) is 7.43. The first-order valence-electron chi connectivity index (χ1n) is 9.77. The summed E-state index contributed by atoms with van der Waals surface area (Å²) in [6.07, 6.45) is 4.42. The first kappa shape index (κ1) is 21.4. The van der Waals surface area contributed by atoms with E-state index in [1.54, 1.807) is 24.3 Å². The predicted octanol–water partition coefficient (Wildman–Crippen LogP) is 3.08. The third kappa shape index (κ3) is 5.31. The highest BCUT2D eigenvalue weighted by molar-refractivity contribution is 7.90. The van der Waals surface area contributed by atoms with Crippen molar-refractivity contribution in [1.29, 1.82) is 0 Å². The number of fused-ring (bicyclic) bond motifs is 1. The van der Waals surface area contributed by atoms with Gasteiger partial charge in [0.15, 0.2) is 0 Å². The van der Waals surface area contributed by atoms with E-state index in [1.807, 2.05) is 13.8 Å². The van der Waals surface area contributed by atoms with Crippen LogP contribution in [0, 0.1) is 11.8 Å². The molecule has 1 amide bonds. The smallest absolute Gasteiger partial charge is 0.263 e. The predicted molar refractivity (Wildman–Crippen MR) is 108 cm³/mol. The molecule has 1 aliphatic heterocycles. The van der Waals surface area contributed by atoms with Crippen LogP contribution in [0.3, 0.4) is 0 Å². The van der Waals surface area contributed by atoms with Crippen molar-refractivity contribution in [3.63, 3.8) is 0 Å². The van der Waals surface area contributed by atoms with Crippen LogP contribution in [0.15, 0.2) is 34.2 Å². The zero-order valence-corrected chi connectivity index (χ0v) is 17.5. The molecule has 6 nitrogen and oxygen atoms in total. The second kappa shape index (κ2) is 9.35. The molecule has 0 saturated carbocycles. The van der Waals surface area contributed by atoms with Crippen LogP contribution in [0.5, 0.6) is 0 Å². The number of benzene rings is 1. The third-order valence-corrected chi connectivity index (χ3v) is 6.34. The fraction of sp³-hybridized carbons (Fsp3) is 0.600. The van der Waals surface area contributed by atoms with Crippen LogP contribution in [0.1, 0.15) is 58.9 Å². The first-order valence-corrected chi connectivity index (χ1v) is 11.3. The largest absolute Gasteiger partial charge is 0.354 e. The Hall–Kier alpha value is -1.89. The van der Waals surface area contributed by atoms with E-state index in [9.17, 15) is 13.2 Å². The molecule has 1 heterocycles. The summed E-state index contributed by atoms with van der Waals surface area (Å²) in [5.41, 5.74) is 0.519. The Bertz CT molecular complexity index is 787. The van der Waals surface area contributed by atoms with Crippen molar-refractivity contribution < 1.29 is 13.2 Å². The lowest BCUT2D eigenvalue weighted by Crippen LogP contribution is -2.40. The molecule has 1 aromatic rings. The van der Waals surface area contributed by atoms with Crippen LogP contribution < -0.4 is 10.0 Å². The lowest BCUT2D eigenvalue weighted by molar-refractivity contribution is -0.123. The Morgan fingerprint density at radius 2 is 1.93 bits per heavy atom. The highest BCUT2D eigenvalue weighted by Crippen LogP contribution is 2.23. The van der Waals surface area contributed by atoms with Gasteiger partial charge < -0.3 is 5.32 Å². The number of carbonyl (C=O) groups excluding carboxylic acids is 1. The zero-order chi connectivity index (χ0) is 20.0. The molecule has 7 heteroatoms. The van der Waals surface area contributed by atoms with Crippen molar-refractivity contribution in [1.82, 2.24) is 10.0 Å². The number of unbranched alkanes of at least 4 members (excludes halogenated alkanes) is 1.